The van der Waals surface area contributed by atoms with Crippen molar-refractivity contribution in [2.75, 3.05) is 19.6 Å². The van der Waals surface area contributed by atoms with E-state index in [1.807, 2.05) is 65.6 Å². The van der Waals surface area contributed by atoms with Gasteiger partial charge < -0.3 is 10.6 Å². The first-order valence-electron chi connectivity index (χ1n) is 9.40. The summed E-state index contributed by atoms with van der Waals surface area (Å²) in [4.78, 5) is 15.2. The minimum atomic E-state index is -0.0216. The Morgan fingerprint density at radius 3 is 2.54 bits per heavy atom. The van der Waals surface area contributed by atoms with Crippen molar-refractivity contribution in [1.29, 1.82) is 0 Å². The second-order valence-electron chi connectivity index (χ2n) is 7.66. The van der Waals surface area contributed by atoms with Crippen LogP contribution in [0.25, 0.3) is 16.9 Å². The van der Waals surface area contributed by atoms with Gasteiger partial charge in [-0.2, -0.15) is 5.10 Å². The third kappa shape index (κ3) is 3.55. The standard InChI is InChI=1S/C22H23ClN4O/c1-22(14-24)11-12-26(15-22)21(28)20-13-19(16-7-9-17(23)10-8-16)25-27(20)18-5-3-2-4-6-18/h2-10,13H,11-12,14-15,24H2,1H3. The molecule has 1 aromatic heterocycles. The first-order chi connectivity index (χ1) is 13.5. The van der Waals surface area contributed by atoms with Crippen LogP contribution >= 0.6 is 11.6 Å². The van der Waals surface area contributed by atoms with E-state index in [9.17, 15) is 4.79 Å². The molecule has 1 atom stereocenters. The minimum absolute atomic E-state index is 0.0197. The normalized spacial score (nSPS) is 19.2. The molecule has 3 aromatic rings. The van der Waals surface area contributed by atoms with Gasteiger partial charge in [0.05, 0.1) is 11.4 Å². The molecule has 2 N–H and O–H groups in total. The summed E-state index contributed by atoms with van der Waals surface area (Å²) in [7, 11) is 0. The van der Waals surface area contributed by atoms with Gasteiger partial charge in [0.25, 0.3) is 5.91 Å². The van der Waals surface area contributed by atoms with Gasteiger partial charge in [-0.05, 0) is 48.7 Å². The maximum atomic E-state index is 13.3. The number of nitrogens with zero attached hydrogens (tertiary/aromatic N) is 3. The van der Waals surface area contributed by atoms with Gasteiger partial charge in [0, 0.05) is 23.7 Å². The van der Waals surface area contributed by atoms with Gasteiger partial charge in [-0.1, -0.05) is 48.9 Å². The minimum Gasteiger partial charge on any atom is -0.337 e. The number of likely N-dealkylation sites (tertiary alicyclic amines) is 1. The molecule has 1 unspecified atom stereocenters. The third-order valence-corrected chi connectivity index (χ3v) is 5.66. The average molecular weight is 395 g/mol. The molecule has 4 rings (SSSR count). The highest BCUT2D eigenvalue weighted by atomic mass is 35.5. The van der Waals surface area contributed by atoms with Crippen LogP contribution in [0, 0.1) is 5.41 Å². The average Bonchev–Trinajstić information content (AvgIpc) is 3.34. The van der Waals surface area contributed by atoms with Crippen molar-refractivity contribution in [3.63, 3.8) is 0 Å². The van der Waals surface area contributed by atoms with E-state index < -0.39 is 0 Å². The number of rotatable bonds is 4. The van der Waals surface area contributed by atoms with E-state index in [-0.39, 0.29) is 11.3 Å². The number of carbonyl (C=O) groups excluding carboxylic acids is 1. The zero-order valence-corrected chi connectivity index (χ0v) is 16.6. The van der Waals surface area contributed by atoms with Crippen LogP contribution in [0.3, 0.4) is 0 Å². The zero-order chi connectivity index (χ0) is 19.7. The number of halogens is 1. The number of benzene rings is 2. The molecule has 0 spiro atoms. The number of hydrogen-bond donors (Lipinski definition) is 1. The Morgan fingerprint density at radius 2 is 1.89 bits per heavy atom. The number of aromatic nitrogens is 2. The number of hydrogen-bond acceptors (Lipinski definition) is 3. The van der Waals surface area contributed by atoms with Crippen molar-refractivity contribution in [3.05, 3.63) is 71.4 Å². The van der Waals surface area contributed by atoms with Crippen LogP contribution in [0.5, 0.6) is 0 Å². The predicted molar refractivity (Wildman–Crippen MR) is 112 cm³/mol. The molecule has 1 aliphatic rings. The van der Waals surface area contributed by atoms with Gasteiger partial charge in [0.15, 0.2) is 0 Å². The highest BCUT2D eigenvalue weighted by Crippen LogP contribution is 2.31. The smallest absolute Gasteiger partial charge is 0.272 e. The van der Waals surface area contributed by atoms with Crippen LogP contribution in [-0.4, -0.2) is 40.2 Å². The molecule has 2 heterocycles. The van der Waals surface area contributed by atoms with Crippen LogP contribution in [0.2, 0.25) is 5.02 Å². The van der Waals surface area contributed by atoms with Crippen molar-refractivity contribution < 1.29 is 4.79 Å². The number of nitrogens with two attached hydrogens (primary N) is 1. The van der Waals surface area contributed by atoms with Gasteiger partial charge in [-0.25, -0.2) is 4.68 Å². The van der Waals surface area contributed by atoms with Gasteiger partial charge in [-0.3, -0.25) is 4.79 Å². The first kappa shape index (κ1) is 18.7. The summed E-state index contributed by atoms with van der Waals surface area (Å²) in [6.45, 7) is 4.08. The molecule has 28 heavy (non-hydrogen) atoms. The summed E-state index contributed by atoms with van der Waals surface area (Å²) in [5.41, 5.74) is 8.96. The highest BCUT2D eigenvalue weighted by molar-refractivity contribution is 6.30. The lowest BCUT2D eigenvalue weighted by atomic mass is 9.90. The molecule has 2 aromatic carbocycles. The Hall–Kier alpha value is -2.63. The van der Waals surface area contributed by atoms with E-state index in [0.717, 1.165) is 23.4 Å². The largest absolute Gasteiger partial charge is 0.337 e. The third-order valence-electron chi connectivity index (χ3n) is 5.41. The molecule has 1 aliphatic heterocycles. The van der Waals surface area contributed by atoms with Crippen molar-refractivity contribution >= 4 is 17.5 Å². The van der Waals surface area contributed by atoms with Gasteiger partial charge in [-0.15, -0.1) is 0 Å². The van der Waals surface area contributed by atoms with Crippen LogP contribution in [0.15, 0.2) is 60.7 Å². The summed E-state index contributed by atoms with van der Waals surface area (Å²) in [6, 6.07) is 19.1. The molecule has 1 saturated heterocycles. The van der Waals surface area contributed by atoms with Gasteiger partial charge in [0.2, 0.25) is 0 Å². The van der Waals surface area contributed by atoms with Gasteiger partial charge >= 0.3 is 0 Å². The van der Waals surface area contributed by atoms with E-state index in [1.54, 1.807) is 4.68 Å². The van der Waals surface area contributed by atoms with Crippen molar-refractivity contribution in [3.8, 4) is 16.9 Å². The van der Waals surface area contributed by atoms with Gasteiger partial charge in [0.1, 0.15) is 5.69 Å². The molecule has 0 radical (unpaired) electrons. The fourth-order valence-corrected chi connectivity index (χ4v) is 3.71. The Bertz CT molecular complexity index is 984. The number of para-hydroxylation sites is 1. The summed E-state index contributed by atoms with van der Waals surface area (Å²) in [5, 5.41) is 5.40. The Labute approximate surface area is 169 Å². The van der Waals surface area contributed by atoms with E-state index in [1.165, 1.54) is 0 Å². The Balaban J connectivity index is 1.75. The Kier molecular flexibility index (Phi) is 4.96. The number of carbonyl (C=O) groups is 1. The molecular formula is C22H23ClN4O. The monoisotopic (exact) mass is 394 g/mol. The molecule has 1 amide bonds. The van der Waals surface area contributed by atoms with Crippen molar-refractivity contribution in [1.82, 2.24) is 14.7 Å². The highest BCUT2D eigenvalue weighted by Gasteiger charge is 2.36. The van der Waals surface area contributed by atoms with Crippen LogP contribution in [0.1, 0.15) is 23.8 Å². The van der Waals surface area contributed by atoms with Crippen molar-refractivity contribution in [2.45, 2.75) is 13.3 Å². The SMILES string of the molecule is CC1(CN)CCN(C(=O)c2cc(-c3ccc(Cl)cc3)nn2-c2ccccc2)C1. The molecular weight excluding hydrogens is 372 g/mol. The fourth-order valence-electron chi connectivity index (χ4n) is 3.59. The topological polar surface area (TPSA) is 64.2 Å². The summed E-state index contributed by atoms with van der Waals surface area (Å²) in [6.07, 6.45) is 0.915. The van der Waals surface area contributed by atoms with Crippen molar-refractivity contribution in [2.24, 2.45) is 11.1 Å². The van der Waals surface area contributed by atoms with Crippen LogP contribution in [0.4, 0.5) is 0 Å². The first-order valence-corrected chi connectivity index (χ1v) is 9.78. The molecule has 0 aliphatic carbocycles. The van der Waals surface area contributed by atoms with E-state index >= 15 is 0 Å². The van der Waals surface area contributed by atoms with Crippen LogP contribution in [-0.2, 0) is 0 Å². The lowest BCUT2D eigenvalue weighted by molar-refractivity contribution is 0.0768. The molecule has 0 bridgehead atoms. The van der Waals surface area contributed by atoms with Crippen LogP contribution < -0.4 is 5.73 Å². The number of amides is 1. The summed E-state index contributed by atoms with van der Waals surface area (Å²) < 4.78 is 1.73. The fraction of sp³-hybridized carbons (Fsp3) is 0.273. The second-order valence-corrected chi connectivity index (χ2v) is 8.10. The Morgan fingerprint density at radius 1 is 1.18 bits per heavy atom. The molecule has 6 heteroatoms. The zero-order valence-electron chi connectivity index (χ0n) is 15.8. The molecule has 144 valence electrons. The van der Waals surface area contributed by atoms with E-state index in [0.29, 0.717) is 30.4 Å². The predicted octanol–water partition coefficient (Wildman–Crippen LogP) is 4.00. The lowest BCUT2D eigenvalue weighted by Crippen LogP contribution is -2.35. The lowest BCUT2D eigenvalue weighted by Gasteiger charge is -2.22. The molecule has 5 nitrogen and oxygen atoms in total. The maximum Gasteiger partial charge on any atom is 0.272 e. The van der Waals surface area contributed by atoms with E-state index in [4.69, 9.17) is 22.4 Å². The maximum absolute atomic E-state index is 13.3. The summed E-state index contributed by atoms with van der Waals surface area (Å²) in [5.74, 6) is -0.0197. The quantitative estimate of drug-likeness (QED) is 0.727. The summed E-state index contributed by atoms with van der Waals surface area (Å²) >= 11 is 6.01. The van der Waals surface area contributed by atoms with E-state index in [2.05, 4.69) is 6.92 Å². The second kappa shape index (κ2) is 7.41. The molecule has 1 fully saturated rings. The molecule has 0 saturated carbocycles.